The molecule has 1 atom stereocenters. The fourth-order valence-electron chi connectivity index (χ4n) is 2.12. The Kier molecular flexibility index (Phi) is 6.95. The van der Waals surface area contributed by atoms with Crippen molar-refractivity contribution in [2.24, 2.45) is 0 Å². The summed E-state index contributed by atoms with van der Waals surface area (Å²) in [5, 5.41) is 9.80. The summed E-state index contributed by atoms with van der Waals surface area (Å²) in [5.41, 5.74) is 2.44. The average Bonchev–Trinajstić information content (AvgIpc) is 2.38. The monoisotopic (exact) mass is 234 g/mol. The second-order valence-corrected chi connectivity index (χ2v) is 4.83. The first kappa shape index (κ1) is 14.2. The molecule has 1 aromatic carbocycles. The van der Waals surface area contributed by atoms with Gasteiger partial charge in [0.2, 0.25) is 0 Å². The zero-order valence-corrected chi connectivity index (χ0v) is 11.3. The van der Waals surface area contributed by atoms with Crippen molar-refractivity contribution in [3.05, 3.63) is 35.4 Å². The molecule has 0 bridgehead atoms. The molecular formula is C16H26O. The second kappa shape index (κ2) is 8.30. The van der Waals surface area contributed by atoms with E-state index in [0.717, 1.165) is 18.4 Å². The van der Waals surface area contributed by atoms with Gasteiger partial charge in [0.1, 0.15) is 0 Å². The first-order valence-electron chi connectivity index (χ1n) is 7.04. The van der Waals surface area contributed by atoms with E-state index in [9.17, 15) is 5.11 Å². The molecule has 17 heavy (non-hydrogen) atoms. The lowest BCUT2D eigenvalue weighted by atomic mass is 10.0. The predicted molar refractivity (Wildman–Crippen MR) is 74.2 cm³/mol. The third-order valence-corrected chi connectivity index (χ3v) is 3.29. The van der Waals surface area contributed by atoms with Crippen molar-refractivity contribution in [1.29, 1.82) is 0 Å². The van der Waals surface area contributed by atoms with Crippen molar-refractivity contribution in [1.82, 2.24) is 0 Å². The van der Waals surface area contributed by atoms with Crippen LogP contribution in [0.4, 0.5) is 0 Å². The van der Waals surface area contributed by atoms with Crippen molar-refractivity contribution in [3.8, 4) is 0 Å². The number of aliphatic hydroxyl groups excluding tert-OH is 1. The van der Waals surface area contributed by atoms with Gasteiger partial charge in [-0.25, -0.2) is 0 Å². The fourth-order valence-corrected chi connectivity index (χ4v) is 2.12. The van der Waals surface area contributed by atoms with E-state index in [0.29, 0.717) is 0 Å². The van der Waals surface area contributed by atoms with E-state index in [-0.39, 0.29) is 6.10 Å². The van der Waals surface area contributed by atoms with Gasteiger partial charge in [-0.3, -0.25) is 0 Å². The van der Waals surface area contributed by atoms with Gasteiger partial charge in [0.15, 0.2) is 0 Å². The molecular weight excluding hydrogens is 208 g/mol. The summed E-state index contributed by atoms with van der Waals surface area (Å²) in [7, 11) is 0. The van der Waals surface area contributed by atoms with Crippen molar-refractivity contribution >= 4 is 0 Å². The van der Waals surface area contributed by atoms with Crippen LogP contribution in [0.5, 0.6) is 0 Å². The summed E-state index contributed by atoms with van der Waals surface area (Å²) in [6.45, 7) is 4.26. The van der Waals surface area contributed by atoms with E-state index in [4.69, 9.17) is 0 Å². The van der Waals surface area contributed by atoms with Crippen LogP contribution in [0.3, 0.4) is 0 Å². The van der Waals surface area contributed by atoms with Crippen LogP contribution in [0.2, 0.25) is 0 Å². The normalized spacial score (nSPS) is 12.6. The number of rotatable bonds is 8. The highest BCUT2D eigenvalue weighted by atomic mass is 16.3. The minimum atomic E-state index is -0.296. The predicted octanol–water partition coefficient (Wildman–Crippen LogP) is 4.64. The van der Waals surface area contributed by atoms with Crippen molar-refractivity contribution in [2.45, 2.75) is 64.9 Å². The van der Waals surface area contributed by atoms with Gasteiger partial charge >= 0.3 is 0 Å². The third-order valence-electron chi connectivity index (χ3n) is 3.29. The molecule has 0 radical (unpaired) electrons. The Morgan fingerprint density at radius 3 is 2.53 bits per heavy atom. The Labute approximate surface area is 106 Å². The first-order valence-corrected chi connectivity index (χ1v) is 7.04. The molecule has 0 amide bonds. The van der Waals surface area contributed by atoms with E-state index >= 15 is 0 Å². The maximum atomic E-state index is 9.80. The summed E-state index contributed by atoms with van der Waals surface area (Å²) in [4.78, 5) is 0. The number of hydrogen-bond donors (Lipinski definition) is 1. The van der Waals surface area contributed by atoms with Crippen LogP contribution in [-0.2, 0) is 6.42 Å². The number of benzene rings is 1. The third kappa shape index (κ3) is 5.36. The quantitative estimate of drug-likeness (QED) is 0.649. The molecule has 1 nitrogen and oxygen atoms in total. The van der Waals surface area contributed by atoms with Crippen LogP contribution < -0.4 is 0 Å². The summed E-state index contributed by atoms with van der Waals surface area (Å²) < 4.78 is 0. The van der Waals surface area contributed by atoms with Crippen LogP contribution in [0.25, 0.3) is 0 Å². The van der Waals surface area contributed by atoms with Gasteiger partial charge in [-0.2, -0.15) is 0 Å². The van der Waals surface area contributed by atoms with E-state index in [1.807, 2.05) is 13.0 Å². The molecule has 1 aromatic rings. The van der Waals surface area contributed by atoms with E-state index in [1.54, 1.807) is 0 Å². The highest BCUT2D eigenvalue weighted by molar-refractivity contribution is 5.25. The number of aryl methyl sites for hydroxylation is 1. The largest absolute Gasteiger partial charge is 0.388 e. The molecule has 96 valence electrons. The van der Waals surface area contributed by atoms with Crippen molar-refractivity contribution < 1.29 is 5.11 Å². The molecule has 1 heteroatoms. The van der Waals surface area contributed by atoms with E-state index in [1.165, 1.54) is 37.7 Å². The lowest BCUT2D eigenvalue weighted by Crippen LogP contribution is -1.96. The Balaban J connectivity index is 2.38. The molecule has 1 N–H and O–H groups in total. The summed E-state index contributed by atoms with van der Waals surface area (Å²) in [5.74, 6) is 0. The van der Waals surface area contributed by atoms with Crippen molar-refractivity contribution in [3.63, 3.8) is 0 Å². The SMILES string of the molecule is CCCCCCCc1cccc(C(O)CC)c1. The number of aliphatic hydroxyl groups is 1. The summed E-state index contributed by atoms with van der Waals surface area (Å²) in [6.07, 6.45) is 8.25. The molecule has 0 aliphatic rings. The van der Waals surface area contributed by atoms with E-state index in [2.05, 4.69) is 25.1 Å². The van der Waals surface area contributed by atoms with Crippen molar-refractivity contribution in [2.75, 3.05) is 0 Å². The standard InChI is InChI=1S/C16H26O/c1-3-5-6-7-8-10-14-11-9-12-15(13-14)16(17)4-2/h9,11-13,16-17H,3-8,10H2,1-2H3. The first-order chi connectivity index (χ1) is 8.27. The number of hydrogen-bond acceptors (Lipinski definition) is 1. The lowest BCUT2D eigenvalue weighted by Gasteiger charge is -2.10. The Morgan fingerprint density at radius 1 is 1.06 bits per heavy atom. The van der Waals surface area contributed by atoms with Gasteiger partial charge in [0, 0.05) is 0 Å². The molecule has 0 heterocycles. The average molecular weight is 234 g/mol. The molecule has 0 spiro atoms. The highest BCUT2D eigenvalue weighted by Gasteiger charge is 2.04. The van der Waals surface area contributed by atoms with Gasteiger partial charge in [0.25, 0.3) is 0 Å². The minimum Gasteiger partial charge on any atom is -0.388 e. The second-order valence-electron chi connectivity index (χ2n) is 4.83. The van der Waals surface area contributed by atoms with Gasteiger partial charge < -0.3 is 5.11 Å². The van der Waals surface area contributed by atoms with Crippen LogP contribution >= 0.6 is 0 Å². The van der Waals surface area contributed by atoms with Gasteiger partial charge in [-0.05, 0) is 30.4 Å². The van der Waals surface area contributed by atoms with Crippen LogP contribution in [0, 0.1) is 0 Å². The summed E-state index contributed by atoms with van der Waals surface area (Å²) >= 11 is 0. The Bertz CT molecular complexity index is 306. The Morgan fingerprint density at radius 2 is 1.82 bits per heavy atom. The molecule has 1 rings (SSSR count). The molecule has 0 aliphatic heterocycles. The van der Waals surface area contributed by atoms with Gasteiger partial charge in [-0.1, -0.05) is 63.8 Å². The maximum absolute atomic E-state index is 9.80. The molecule has 0 aliphatic carbocycles. The van der Waals surface area contributed by atoms with Crippen LogP contribution in [0.15, 0.2) is 24.3 Å². The van der Waals surface area contributed by atoms with Gasteiger partial charge in [0.05, 0.1) is 6.10 Å². The molecule has 0 saturated carbocycles. The maximum Gasteiger partial charge on any atom is 0.0787 e. The molecule has 0 fully saturated rings. The lowest BCUT2D eigenvalue weighted by molar-refractivity contribution is 0.173. The highest BCUT2D eigenvalue weighted by Crippen LogP contribution is 2.18. The zero-order valence-electron chi connectivity index (χ0n) is 11.3. The van der Waals surface area contributed by atoms with Gasteiger partial charge in [-0.15, -0.1) is 0 Å². The number of unbranched alkanes of at least 4 members (excludes halogenated alkanes) is 4. The topological polar surface area (TPSA) is 20.2 Å². The minimum absolute atomic E-state index is 0.296. The molecule has 0 aromatic heterocycles. The molecule has 1 unspecified atom stereocenters. The smallest absolute Gasteiger partial charge is 0.0787 e. The molecule has 0 saturated heterocycles. The van der Waals surface area contributed by atoms with Crippen LogP contribution in [0.1, 0.15) is 69.6 Å². The zero-order chi connectivity index (χ0) is 12.5. The summed E-state index contributed by atoms with van der Waals surface area (Å²) in [6, 6.07) is 8.42. The van der Waals surface area contributed by atoms with Crippen LogP contribution in [-0.4, -0.2) is 5.11 Å². The van der Waals surface area contributed by atoms with E-state index < -0.39 is 0 Å². The fraction of sp³-hybridized carbons (Fsp3) is 0.625. The Hall–Kier alpha value is -0.820.